The summed E-state index contributed by atoms with van der Waals surface area (Å²) in [5, 5.41) is 0. The van der Waals surface area contributed by atoms with Crippen LogP contribution in [0.25, 0.3) is 0 Å². The summed E-state index contributed by atoms with van der Waals surface area (Å²) in [7, 11) is 1.63. The van der Waals surface area contributed by atoms with Gasteiger partial charge in [0.2, 0.25) is 0 Å². The Morgan fingerprint density at radius 1 is 0.500 bits per heavy atom. The van der Waals surface area contributed by atoms with Crippen LogP contribution in [0.5, 0.6) is 28.7 Å². The molecule has 0 unspecified atom stereocenters. The molecule has 3 heteroatoms. The lowest BCUT2D eigenvalue weighted by Gasteiger charge is -2.09. The van der Waals surface area contributed by atoms with Crippen molar-refractivity contribution in [2.45, 2.75) is 0 Å². The molecule has 0 aliphatic carbocycles. The maximum Gasteiger partial charge on any atom is 0.131 e. The second-order valence-corrected chi connectivity index (χ2v) is 4.67. The van der Waals surface area contributed by atoms with Crippen LogP contribution in [0.3, 0.4) is 0 Å². The molecule has 0 N–H and O–H groups in total. The van der Waals surface area contributed by atoms with Gasteiger partial charge in [-0.2, -0.15) is 0 Å². The predicted octanol–water partition coefficient (Wildman–Crippen LogP) is 5.28. The van der Waals surface area contributed by atoms with Gasteiger partial charge in [-0.3, -0.25) is 0 Å². The van der Waals surface area contributed by atoms with Crippen LogP contribution in [0.4, 0.5) is 0 Å². The monoisotopic (exact) mass is 292 g/mol. The molecular weight excluding hydrogens is 276 g/mol. The third-order valence-electron chi connectivity index (χ3n) is 3.06. The molecule has 0 bridgehead atoms. The molecular formula is C19H16O3. The zero-order valence-corrected chi connectivity index (χ0v) is 12.2. The molecule has 0 radical (unpaired) electrons. The van der Waals surface area contributed by atoms with Crippen LogP contribution in [-0.4, -0.2) is 7.11 Å². The second kappa shape index (κ2) is 6.68. The van der Waals surface area contributed by atoms with Gasteiger partial charge in [-0.15, -0.1) is 0 Å². The zero-order chi connectivity index (χ0) is 15.2. The molecule has 3 aromatic rings. The fourth-order valence-electron chi connectivity index (χ4n) is 2.03. The Balaban J connectivity index is 1.76. The molecule has 3 nitrogen and oxygen atoms in total. The fourth-order valence-corrected chi connectivity index (χ4v) is 2.03. The molecule has 0 atom stereocenters. The molecule has 3 aromatic carbocycles. The van der Waals surface area contributed by atoms with Crippen LogP contribution < -0.4 is 14.2 Å². The average Bonchev–Trinajstić information content (AvgIpc) is 2.56. The normalized spacial score (nSPS) is 10.0. The van der Waals surface area contributed by atoms with Gasteiger partial charge >= 0.3 is 0 Å². The highest BCUT2D eigenvalue weighted by atomic mass is 16.5. The maximum atomic E-state index is 5.84. The quantitative estimate of drug-likeness (QED) is 0.640. The number of rotatable bonds is 5. The molecule has 0 amide bonds. The van der Waals surface area contributed by atoms with E-state index in [1.54, 1.807) is 7.11 Å². The number of benzene rings is 3. The van der Waals surface area contributed by atoms with Crippen LogP contribution >= 0.6 is 0 Å². The Morgan fingerprint density at radius 3 is 1.55 bits per heavy atom. The van der Waals surface area contributed by atoms with Crippen LogP contribution in [0.15, 0.2) is 78.9 Å². The molecule has 0 fully saturated rings. The summed E-state index contributed by atoms with van der Waals surface area (Å²) in [6.45, 7) is 0. The summed E-state index contributed by atoms with van der Waals surface area (Å²) in [4.78, 5) is 0. The molecule has 0 aliphatic rings. The van der Waals surface area contributed by atoms with E-state index in [9.17, 15) is 0 Å². The third-order valence-corrected chi connectivity index (χ3v) is 3.06. The van der Waals surface area contributed by atoms with E-state index in [0.717, 1.165) is 23.0 Å². The van der Waals surface area contributed by atoms with Crippen molar-refractivity contribution < 1.29 is 14.2 Å². The fraction of sp³-hybridized carbons (Fsp3) is 0.0526. The standard InChI is InChI=1S/C19H16O3/c1-20-16-9-5-10-17(13-16)22-19-12-6-11-18(14-19)21-15-7-3-2-4-8-15/h2-14H,1H3. The summed E-state index contributed by atoms with van der Waals surface area (Å²) < 4.78 is 16.8. The van der Waals surface area contributed by atoms with Crippen molar-refractivity contribution >= 4 is 0 Å². The van der Waals surface area contributed by atoms with Gasteiger partial charge in [-0.1, -0.05) is 30.3 Å². The van der Waals surface area contributed by atoms with E-state index in [1.165, 1.54) is 0 Å². The Morgan fingerprint density at radius 2 is 0.955 bits per heavy atom. The minimum Gasteiger partial charge on any atom is -0.497 e. The largest absolute Gasteiger partial charge is 0.497 e. The molecule has 0 spiro atoms. The molecule has 110 valence electrons. The lowest BCUT2D eigenvalue weighted by molar-refractivity contribution is 0.408. The Hall–Kier alpha value is -2.94. The van der Waals surface area contributed by atoms with E-state index < -0.39 is 0 Å². The molecule has 0 saturated heterocycles. The predicted molar refractivity (Wildman–Crippen MR) is 86.0 cm³/mol. The van der Waals surface area contributed by atoms with E-state index in [1.807, 2.05) is 78.9 Å². The molecule has 0 saturated carbocycles. The molecule has 22 heavy (non-hydrogen) atoms. The summed E-state index contributed by atoms with van der Waals surface area (Å²) in [5.74, 6) is 3.71. The topological polar surface area (TPSA) is 27.7 Å². The number of hydrogen-bond donors (Lipinski definition) is 0. The Kier molecular flexibility index (Phi) is 4.25. The lowest BCUT2D eigenvalue weighted by Crippen LogP contribution is -1.88. The first-order valence-electron chi connectivity index (χ1n) is 6.98. The second-order valence-electron chi connectivity index (χ2n) is 4.67. The van der Waals surface area contributed by atoms with Gasteiger partial charge in [0.25, 0.3) is 0 Å². The molecule has 0 aromatic heterocycles. The van der Waals surface area contributed by atoms with Crippen molar-refractivity contribution in [1.82, 2.24) is 0 Å². The highest BCUT2D eigenvalue weighted by molar-refractivity contribution is 5.41. The van der Waals surface area contributed by atoms with Gasteiger partial charge in [-0.25, -0.2) is 0 Å². The average molecular weight is 292 g/mol. The highest BCUT2D eigenvalue weighted by Gasteiger charge is 2.02. The minimum absolute atomic E-state index is 0.710. The van der Waals surface area contributed by atoms with Crippen molar-refractivity contribution in [3.63, 3.8) is 0 Å². The number of methoxy groups -OCH3 is 1. The summed E-state index contributed by atoms with van der Waals surface area (Å²) in [6.07, 6.45) is 0. The van der Waals surface area contributed by atoms with Gasteiger partial charge in [0, 0.05) is 12.1 Å². The van der Waals surface area contributed by atoms with E-state index in [-0.39, 0.29) is 0 Å². The first-order chi connectivity index (χ1) is 10.8. The number of ether oxygens (including phenoxy) is 3. The van der Waals surface area contributed by atoms with Gasteiger partial charge < -0.3 is 14.2 Å². The van der Waals surface area contributed by atoms with E-state index >= 15 is 0 Å². The van der Waals surface area contributed by atoms with Gasteiger partial charge in [0.15, 0.2) is 0 Å². The zero-order valence-electron chi connectivity index (χ0n) is 12.2. The molecule has 0 aliphatic heterocycles. The van der Waals surface area contributed by atoms with E-state index in [0.29, 0.717) is 5.75 Å². The van der Waals surface area contributed by atoms with Crippen LogP contribution in [0.1, 0.15) is 0 Å². The van der Waals surface area contributed by atoms with Crippen molar-refractivity contribution in [1.29, 1.82) is 0 Å². The smallest absolute Gasteiger partial charge is 0.131 e. The summed E-state index contributed by atoms with van der Waals surface area (Å²) >= 11 is 0. The van der Waals surface area contributed by atoms with E-state index in [2.05, 4.69) is 0 Å². The maximum absolute atomic E-state index is 5.84. The van der Waals surface area contributed by atoms with Crippen molar-refractivity contribution in [3.8, 4) is 28.7 Å². The minimum atomic E-state index is 0.710. The Bertz CT molecular complexity index is 738. The SMILES string of the molecule is COc1cccc(Oc2cccc(Oc3ccccc3)c2)c1. The molecule has 3 rings (SSSR count). The van der Waals surface area contributed by atoms with Gasteiger partial charge in [0.1, 0.15) is 28.7 Å². The van der Waals surface area contributed by atoms with Gasteiger partial charge in [0.05, 0.1) is 7.11 Å². The van der Waals surface area contributed by atoms with E-state index in [4.69, 9.17) is 14.2 Å². The van der Waals surface area contributed by atoms with Crippen molar-refractivity contribution in [2.75, 3.05) is 7.11 Å². The summed E-state index contributed by atoms with van der Waals surface area (Å²) in [6, 6.07) is 24.7. The molecule has 0 heterocycles. The first-order valence-corrected chi connectivity index (χ1v) is 6.98. The highest BCUT2D eigenvalue weighted by Crippen LogP contribution is 2.29. The summed E-state index contributed by atoms with van der Waals surface area (Å²) in [5.41, 5.74) is 0. The van der Waals surface area contributed by atoms with Crippen LogP contribution in [0.2, 0.25) is 0 Å². The number of hydrogen-bond acceptors (Lipinski definition) is 3. The van der Waals surface area contributed by atoms with Crippen molar-refractivity contribution in [3.05, 3.63) is 78.9 Å². The van der Waals surface area contributed by atoms with Gasteiger partial charge in [-0.05, 0) is 36.4 Å². The number of para-hydroxylation sites is 1. The van der Waals surface area contributed by atoms with Crippen LogP contribution in [0, 0.1) is 0 Å². The van der Waals surface area contributed by atoms with Crippen molar-refractivity contribution in [2.24, 2.45) is 0 Å². The van der Waals surface area contributed by atoms with Crippen LogP contribution in [-0.2, 0) is 0 Å². The third kappa shape index (κ3) is 3.58. The Labute approximate surface area is 129 Å². The lowest BCUT2D eigenvalue weighted by atomic mass is 10.3. The first kappa shape index (κ1) is 14.0.